The van der Waals surface area contributed by atoms with Gasteiger partial charge in [-0.25, -0.2) is 4.98 Å². The van der Waals surface area contributed by atoms with Crippen molar-refractivity contribution in [1.82, 2.24) is 9.55 Å². The fourth-order valence-corrected chi connectivity index (χ4v) is 3.72. The molecule has 0 saturated heterocycles. The van der Waals surface area contributed by atoms with Gasteiger partial charge >= 0.3 is 0 Å². The molecule has 1 heterocycles. The number of hydrogen-bond donors (Lipinski definition) is 0. The number of fused-ring (bicyclic) bond motifs is 1. The minimum Gasteiger partial charge on any atom is -0.268 e. The maximum Gasteiger partial charge on any atom is 0.271 e. The lowest BCUT2D eigenvalue weighted by Crippen LogP contribution is -2.22. The molecule has 1 aromatic heterocycles. The highest BCUT2D eigenvalue weighted by molar-refractivity contribution is 14.1. The number of rotatable bonds is 4. The summed E-state index contributed by atoms with van der Waals surface area (Å²) in [4.78, 5) is 28.8. The molecule has 0 aliphatic rings. The normalized spacial score (nSPS) is 11.3. The van der Waals surface area contributed by atoms with Crippen LogP contribution in [0.3, 0.4) is 0 Å². The van der Waals surface area contributed by atoms with Crippen molar-refractivity contribution in [2.75, 3.05) is 0 Å². The summed E-state index contributed by atoms with van der Waals surface area (Å²) in [6.07, 6.45) is 3.63. The predicted molar refractivity (Wildman–Crippen MR) is 127 cm³/mol. The lowest BCUT2D eigenvalue weighted by molar-refractivity contribution is -0.384. The quantitative estimate of drug-likeness (QED) is 0.210. The Morgan fingerprint density at radius 2 is 1.83 bits per heavy atom. The fourth-order valence-electron chi connectivity index (χ4n) is 3.23. The van der Waals surface area contributed by atoms with Crippen LogP contribution in [0.25, 0.3) is 28.7 Å². The SMILES string of the molecule is Cc1cccc(C=Cc2nc3ccc(I)cc3c(=O)n2-c2cccc([N+](=O)[O-])c2)c1. The molecule has 0 N–H and O–H groups in total. The second kappa shape index (κ2) is 8.19. The van der Waals surface area contributed by atoms with Crippen molar-refractivity contribution in [3.8, 4) is 5.69 Å². The molecule has 0 fully saturated rings. The molecule has 0 amide bonds. The van der Waals surface area contributed by atoms with Crippen LogP contribution in [0.1, 0.15) is 17.0 Å². The molecule has 0 unspecified atom stereocenters. The standard InChI is InChI=1S/C23H16IN3O3/c1-15-4-2-5-16(12-15)8-11-22-25-21-10-9-17(24)13-20(21)23(28)26(22)18-6-3-7-19(14-18)27(29)30/h2-14H,1H3. The lowest BCUT2D eigenvalue weighted by Gasteiger charge is -2.11. The van der Waals surface area contributed by atoms with E-state index in [1.165, 1.54) is 16.7 Å². The molecule has 4 rings (SSSR count). The van der Waals surface area contributed by atoms with Crippen LogP contribution in [0.5, 0.6) is 0 Å². The Labute approximate surface area is 185 Å². The first-order valence-corrected chi connectivity index (χ1v) is 10.2. The Morgan fingerprint density at radius 1 is 1.03 bits per heavy atom. The van der Waals surface area contributed by atoms with Gasteiger partial charge in [0.05, 0.1) is 21.5 Å². The first-order chi connectivity index (χ1) is 14.4. The van der Waals surface area contributed by atoms with E-state index in [9.17, 15) is 14.9 Å². The van der Waals surface area contributed by atoms with E-state index >= 15 is 0 Å². The van der Waals surface area contributed by atoms with Gasteiger partial charge in [0.25, 0.3) is 11.2 Å². The van der Waals surface area contributed by atoms with Crippen LogP contribution >= 0.6 is 22.6 Å². The van der Waals surface area contributed by atoms with E-state index in [4.69, 9.17) is 0 Å². The van der Waals surface area contributed by atoms with Crippen LogP contribution in [0.15, 0.2) is 71.5 Å². The molecule has 0 saturated carbocycles. The molecule has 30 heavy (non-hydrogen) atoms. The van der Waals surface area contributed by atoms with Crippen LogP contribution in [-0.4, -0.2) is 14.5 Å². The number of nitrogens with zero attached hydrogens (tertiary/aromatic N) is 3. The number of aromatic nitrogens is 2. The average Bonchev–Trinajstić information content (AvgIpc) is 2.73. The topological polar surface area (TPSA) is 78.0 Å². The third-order valence-corrected chi connectivity index (χ3v) is 5.29. The second-order valence-corrected chi connectivity index (χ2v) is 8.04. The van der Waals surface area contributed by atoms with Crippen molar-refractivity contribution in [3.63, 3.8) is 0 Å². The summed E-state index contributed by atoms with van der Waals surface area (Å²) in [6, 6.07) is 19.4. The van der Waals surface area contributed by atoms with E-state index in [1.807, 2.05) is 43.3 Å². The summed E-state index contributed by atoms with van der Waals surface area (Å²) in [6.45, 7) is 2.01. The molecule has 0 bridgehead atoms. The molecule has 3 aromatic carbocycles. The summed E-state index contributed by atoms with van der Waals surface area (Å²) in [5.74, 6) is 0.399. The van der Waals surface area contributed by atoms with E-state index < -0.39 is 4.92 Å². The fraction of sp³-hybridized carbons (Fsp3) is 0.0435. The van der Waals surface area contributed by atoms with E-state index in [2.05, 4.69) is 27.6 Å². The number of non-ortho nitro benzene ring substituents is 1. The van der Waals surface area contributed by atoms with Gasteiger partial charge in [-0.1, -0.05) is 42.0 Å². The summed E-state index contributed by atoms with van der Waals surface area (Å²) in [5, 5.41) is 11.7. The van der Waals surface area contributed by atoms with E-state index in [1.54, 1.807) is 30.3 Å². The molecule has 0 spiro atoms. The van der Waals surface area contributed by atoms with Gasteiger partial charge in [-0.15, -0.1) is 0 Å². The third-order valence-electron chi connectivity index (χ3n) is 4.62. The zero-order valence-electron chi connectivity index (χ0n) is 15.9. The molecule has 0 radical (unpaired) electrons. The molecule has 6 nitrogen and oxygen atoms in total. The highest BCUT2D eigenvalue weighted by Gasteiger charge is 2.14. The molecule has 0 aliphatic heterocycles. The Hall–Kier alpha value is -3.33. The highest BCUT2D eigenvalue weighted by atomic mass is 127. The van der Waals surface area contributed by atoms with Gasteiger partial charge in [0, 0.05) is 15.7 Å². The van der Waals surface area contributed by atoms with Gasteiger partial charge in [0.1, 0.15) is 5.82 Å². The summed E-state index contributed by atoms with van der Waals surface area (Å²) < 4.78 is 2.32. The molecule has 148 valence electrons. The van der Waals surface area contributed by atoms with Gasteiger partial charge in [0.2, 0.25) is 0 Å². The summed E-state index contributed by atoms with van der Waals surface area (Å²) in [5.41, 5.74) is 2.70. The minimum atomic E-state index is -0.478. The molecular formula is C23H16IN3O3. The van der Waals surface area contributed by atoms with E-state index in [-0.39, 0.29) is 11.2 Å². The monoisotopic (exact) mass is 509 g/mol. The van der Waals surface area contributed by atoms with Crippen molar-refractivity contribution in [3.05, 3.63) is 108 Å². The smallest absolute Gasteiger partial charge is 0.268 e. The molecule has 0 aliphatic carbocycles. The number of aryl methyl sites for hydroxylation is 1. The maximum absolute atomic E-state index is 13.4. The Morgan fingerprint density at radius 3 is 2.60 bits per heavy atom. The molecule has 0 atom stereocenters. The van der Waals surface area contributed by atoms with Crippen molar-refractivity contribution < 1.29 is 4.92 Å². The van der Waals surface area contributed by atoms with Crippen LogP contribution in [-0.2, 0) is 0 Å². The number of hydrogen-bond acceptors (Lipinski definition) is 4. The van der Waals surface area contributed by atoms with Gasteiger partial charge < -0.3 is 0 Å². The zero-order valence-corrected chi connectivity index (χ0v) is 18.1. The third kappa shape index (κ3) is 4.02. The maximum atomic E-state index is 13.4. The summed E-state index contributed by atoms with van der Waals surface area (Å²) >= 11 is 2.14. The first-order valence-electron chi connectivity index (χ1n) is 9.14. The largest absolute Gasteiger partial charge is 0.271 e. The molecule has 4 aromatic rings. The van der Waals surface area contributed by atoms with Gasteiger partial charge in [-0.3, -0.25) is 19.5 Å². The van der Waals surface area contributed by atoms with Crippen molar-refractivity contribution in [2.45, 2.75) is 6.92 Å². The first kappa shape index (κ1) is 20.0. The van der Waals surface area contributed by atoms with Gasteiger partial charge in [-0.05, 0) is 65.4 Å². The van der Waals surface area contributed by atoms with Crippen LogP contribution < -0.4 is 5.56 Å². The van der Waals surface area contributed by atoms with Crippen LogP contribution in [0, 0.1) is 20.6 Å². The van der Waals surface area contributed by atoms with E-state index in [0.29, 0.717) is 22.4 Å². The Kier molecular flexibility index (Phi) is 5.45. The minimum absolute atomic E-state index is 0.0873. The predicted octanol–water partition coefficient (Wildman–Crippen LogP) is 5.38. The molecular weight excluding hydrogens is 493 g/mol. The van der Waals surface area contributed by atoms with Crippen LogP contribution in [0.4, 0.5) is 5.69 Å². The molecule has 7 heteroatoms. The van der Waals surface area contributed by atoms with Gasteiger partial charge in [0.15, 0.2) is 0 Å². The Balaban J connectivity index is 1.97. The number of halogens is 1. The highest BCUT2D eigenvalue weighted by Crippen LogP contribution is 2.20. The summed E-state index contributed by atoms with van der Waals surface area (Å²) in [7, 11) is 0. The number of nitro groups is 1. The number of benzene rings is 3. The van der Waals surface area contributed by atoms with Crippen molar-refractivity contribution in [1.29, 1.82) is 0 Å². The second-order valence-electron chi connectivity index (χ2n) is 6.80. The van der Waals surface area contributed by atoms with Crippen molar-refractivity contribution >= 4 is 51.3 Å². The van der Waals surface area contributed by atoms with Crippen molar-refractivity contribution in [2.24, 2.45) is 0 Å². The Bertz CT molecular complexity index is 1380. The van der Waals surface area contributed by atoms with Crippen LogP contribution in [0.2, 0.25) is 0 Å². The van der Waals surface area contributed by atoms with Gasteiger partial charge in [-0.2, -0.15) is 0 Å². The number of nitro benzene ring substituents is 1. The zero-order chi connectivity index (χ0) is 21.3. The van der Waals surface area contributed by atoms with E-state index in [0.717, 1.165) is 14.7 Å². The average molecular weight is 509 g/mol. The lowest BCUT2D eigenvalue weighted by atomic mass is 10.1.